The summed E-state index contributed by atoms with van der Waals surface area (Å²) in [5.41, 5.74) is 7.00. The van der Waals surface area contributed by atoms with Crippen LogP contribution in [0.4, 0.5) is 5.13 Å². The molecule has 0 aliphatic carbocycles. The average Bonchev–Trinajstić information content (AvgIpc) is 3.25. The summed E-state index contributed by atoms with van der Waals surface area (Å²) in [6.07, 6.45) is 0.672. The summed E-state index contributed by atoms with van der Waals surface area (Å²) in [5.74, 6) is 0.800. The van der Waals surface area contributed by atoms with E-state index in [4.69, 9.17) is 4.42 Å². The smallest absolute Gasteiger partial charge is 0.293 e. The second-order valence-electron chi connectivity index (χ2n) is 7.21. The maximum Gasteiger partial charge on any atom is 0.293 e. The minimum Gasteiger partial charge on any atom is -0.456 e. The Kier molecular flexibility index (Phi) is 4.77. The lowest BCUT2D eigenvalue weighted by atomic mass is 9.97. The average molecular weight is 391 g/mol. The summed E-state index contributed by atoms with van der Waals surface area (Å²) in [4.78, 5) is 17.1. The second kappa shape index (κ2) is 7.24. The molecule has 4 rings (SSSR count). The predicted molar refractivity (Wildman–Crippen MR) is 114 cm³/mol. The van der Waals surface area contributed by atoms with Crippen LogP contribution in [0.25, 0.3) is 10.2 Å². The Balaban J connectivity index is 1.52. The fourth-order valence-corrected chi connectivity index (χ4v) is 4.50. The third-order valence-corrected chi connectivity index (χ3v) is 5.85. The molecule has 4 nitrogen and oxygen atoms in total. The molecule has 0 radical (unpaired) electrons. The Hall–Kier alpha value is -2.92. The number of fused-ring (bicyclic) bond motifs is 1. The molecule has 4 aromatic rings. The number of carbonyl (C=O) groups excluding carboxylic acids is 1. The molecule has 1 N–H and O–H groups in total. The van der Waals surface area contributed by atoms with E-state index in [1.165, 1.54) is 33.6 Å². The second-order valence-corrected chi connectivity index (χ2v) is 8.25. The van der Waals surface area contributed by atoms with Crippen molar-refractivity contribution in [3.05, 3.63) is 81.8 Å². The molecule has 0 unspecified atom stereocenters. The van der Waals surface area contributed by atoms with E-state index in [0.29, 0.717) is 17.3 Å². The highest BCUT2D eigenvalue weighted by Gasteiger charge is 2.15. The van der Waals surface area contributed by atoms with Gasteiger partial charge in [0.1, 0.15) is 5.76 Å². The highest BCUT2D eigenvalue weighted by atomic mass is 32.1. The van der Waals surface area contributed by atoms with Crippen LogP contribution >= 0.6 is 11.3 Å². The van der Waals surface area contributed by atoms with Crippen LogP contribution in [0, 0.1) is 27.7 Å². The predicted octanol–water partition coefficient (Wildman–Crippen LogP) is 5.97. The molecule has 0 saturated carbocycles. The van der Waals surface area contributed by atoms with Crippen LogP contribution in [0.15, 0.2) is 46.9 Å². The standard InChI is InChI=1S/C23H22N2O2S/c1-13-10-15(3)18(16(4)11-13)12-17-8-9-19(27-17)22(26)25-23-24-21-14(2)6-5-7-20(21)28-23/h5-11H,12H2,1-4H3,(H,24,25,26). The number of aryl methyl sites for hydroxylation is 4. The monoisotopic (exact) mass is 390 g/mol. The van der Waals surface area contributed by atoms with Gasteiger partial charge in [-0.15, -0.1) is 0 Å². The van der Waals surface area contributed by atoms with Gasteiger partial charge in [0.25, 0.3) is 5.91 Å². The maximum absolute atomic E-state index is 12.6. The third kappa shape index (κ3) is 3.58. The number of benzene rings is 2. The van der Waals surface area contributed by atoms with Crippen LogP contribution < -0.4 is 5.32 Å². The van der Waals surface area contributed by atoms with E-state index in [0.717, 1.165) is 21.5 Å². The third-order valence-electron chi connectivity index (χ3n) is 4.92. The van der Waals surface area contributed by atoms with Crippen molar-refractivity contribution < 1.29 is 9.21 Å². The molecule has 0 fully saturated rings. The number of nitrogens with zero attached hydrogens (tertiary/aromatic N) is 1. The first-order valence-corrected chi connectivity index (χ1v) is 10.1. The molecule has 0 bridgehead atoms. The molecule has 5 heteroatoms. The Morgan fingerprint density at radius 1 is 1.04 bits per heavy atom. The van der Waals surface area contributed by atoms with Gasteiger partial charge in [0.15, 0.2) is 10.9 Å². The van der Waals surface area contributed by atoms with Crippen LogP contribution in [-0.4, -0.2) is 10.9 Å². The van der Waals surface area contributed by atoms with Crippen molar-refractivity contribution in [1.29, 1.82) is 0 Å². The number of carbonyl (C=O) groups is 1. The Morgan fingerprint density at radius 2 is 1.79 bits per heavy atom. The van der Waals surface area contributed by atoms with E-state index in [9.17, 15) is 4.79 Å². The molecule has 0 aliphatic rings. The number of aromatic nitrogens is 1. The van der Waals surface area contributed by atoms with Gasteiger partial charge in [0, 0.05) is 6.42 Å². The number of furan rings is 1. The van der Waals surface area contributed by atoms with Crippen LogP contribution in [0.5, 0.6) is 0 Å². The molecule has 0 saturated heterocycles. The summed E-state index contributed by atoms with van der Waals surface area (Å²) < 4.78 is 6.88. The van der Waals surface area contributed by atoms with Crippen LogP contribution in [0.1, 0.15) is 44.1 Å². The summed E-state index contributed by atoms with van der Waals surface area (Å²) in [7, 11) is 0. The van der Waals surface area contributed by atoms with Crippen molar-refractivity contribution in [3.63, 3.8) is 0 Å². The summed E-state index contributed by atoms with van der Waals surface area (Å²) in [6, 6.07) is 14.0. The van der Waals surface area contributed by atoms with Gasteiger partial charge < -0.3 is 4.42 Å². The minimum absolute atomic E-state index is 0.277. The molecular weight excluding hydrogens is 368 g/mol. The van der Waals surface area contributed by atoms with E-state index in [1.807, 2.05) is 31.2 Å². The number of nitrogens with one attached hydrogen (secondary N) is 1. The van der Waals surface area contributed by atoms with Gasteiger partial charge in [-0.3, -0.25) is 10.1 Å². The van der Waals surface area contributed by atoms with Gasteiger partial charge in [0.05, 0.1) is 10.2 Å². The fraction of sp³-hybridized carbons (Fsp3) is 0.217. The summed E-state index contributed by atoms with van der Waals surface area (Å²) in [5, 5.41) is 3.44. The number of thiazole rings is 1. The molecule has 28 heavy (non-hydrogen) atoms. The van der Waals surface area contributed by atoms with Gasteiger partial charge in [-0.05, 0) is 68.1 Å². The number of hydrogen-bond acceptors (Lipinski definition) is 4. The molecular formula is C23H22N2O2S. The quantitative estimate of drug-likeness (QED) is 0.467. The van der Waals surface area contributed by atoms with Crippen molar-refractivity contribution in [2.45, 2.75) is 34.1 Å². The van der Waals surface area contributed by atoms with Gasteiger partial charge in [0.2, 0.25) is 0 Å². The lowest BCUT2D eigenvalue weighted by molar-refractivity contribution is 0.0995. The number of hydrogen-bond donors (Lipinski definition) is 1. The molecule has 1 amide bonds. The van der Waals surface area contributed by atoms with Crippen molar-refractivity contribution in [2.24, 2.45) is 0 Å². The lowest BCUT2D eigenvalue weighted by Crippen LogP contribution is -2.10. The Bertz CT molecular complexity index is 1160. The first kappa shape index (κ1) is 18.4. The first-order valence-electron chi connectivity index (χ1n) is 9.23. The molecule has 0 spiro atoms. The zero-order valence-electron chi connectivity index (χ0n) is 16.4. The van der Waals surface area contributed by atoms with Gasteiger partial charge in [-0.2, -0.15) is 0 Å². The van der Waals surface area contributed by atoms with E-state index in [-0.39, 0.29) is 5.91 Å². The topological polar surface area (TPSA) is 55.1 Å². The van der Waals surface area contributed by atoms with Crippen LogP contribution in [0.3, 0.4) is 0 Å². The SMILES string of the molecule is Cc1cc(C)c(Cc2ccc(C(=O)Nc3nc4c(C)cccc4s3)o2)c(C)c1. The molecule has 0 aliphatic heterocycles. The molecule has 0 atom stereocenters. The summed E-state index contributed by atoms with van der Waals surface area (Å²) in [6.45, 7) is 8.34. The van der Waals surface area contributed by atoms with Crippen molar-refractivity contribution in [1.82, 2.24) is 4.98 Å². The van der Waals surface area contributed by atoms with Crippen molar-refractivity contribution in [2.75, 3.05) is 5.32 Å². The molecule has 2 aromatic heterocycles. The van der Waals surface area contributed by atoms with E-state index < -0.39 is 0 Å². The fourth-order valence-electron chi connectivity index (χ4n) is 3.56. The van der Waals surface area contributed by atoms with Crippen molar-refractivity contribution in [3.8, 4) is 0 Å². The van der Waals surface area contributed by atoms with Crippen LogP contribution in [0.2, 0.25) is 0 Å². The van der Waals surface area contributed by atoms with E-state index >= 15 is 0 Å². The zero-order valence-corrected chi connectivity index (χ0v) is 17.2. The maximum atomic E-state index is 12.6. The minimum atomic E-state index is -0.277. The lowest BCUT2D eigenvalue weighted by Gasteiger charge is -2.09. The van der Waals surface area contributed by atoms with Crippen LogP contribution in [-0.2, 0) is 6.42 Å². The highest BCUT2D eigenvalue weighted by Crippen LogP contribution is 2.28. The van der Waals surface area contributed by atoms with E-state index in [1.54, 1.807) is 6.07 Å². The number of para-hydroxylation sites is 1. The molecule has 142 valence electrons. The molecule has 2 aromatic carbocycles. The van der Waals surface area contributed by atoms with Gasteiger partial charge >= 0.3 is 0 Å². The van der Waals surface area contributed by atoms with Crippen molar-refractivity contribution >= 4 is 32.6 Å². The highest BCUT2D eigenvalue weighted by molar-refractivity contribution is 7.22. The number of amides is 1. The largest absolute Gasteiger partial charge is 0.456 e. The van der Waals surface area contributed by atoms with Gasteiger partial charge in [-0.25, -0.2) is 4.98 Å². The Labute approximate surface area is 168 Å². The van der Waals surface area contributed by atoms with Gasteiger partial charge in [-0.1, -0.05) is 41.2 Å². The normalized spacial score (nSPS) is 11.1. The number of anilines is 1. The molecule has 2 heterocycles. The summed E-state index contributed by atoms with van der Waals surface area (Å²) >= 11 is 1.46. The first-order chi connectivity index (χ1) is 13.4. The zero-order chi connectivity index (χ0) is 19.8. The van der Waals surface area contributed by atoms with E-state index in [2.05, 4.69) is 43.2 Å². The number of rotatable bonds is 4. The Morgan fingerprint density at radius 3 is 2.50 bits per heavy atom.